The lowest BCUT2D eigenvalue weighted by atomic mass is 10.2. The first-order valence-corrected chi connectivity index (χ1v) is 7.51. The summed E-state index contributed by atoms with van der Waals surface area (Å²) in [5.41, 5.74) is 0.201. The summed E-state index contributed by atoms with van der Waals surface area (Å²) in [5.74, 6) is -0.745. The van der Waals surface area contributed by atoms with E-state index >= 15 is 0 Å². The van der Waals surface area contributed by atoms with Gasteiger partial charge in [-0.3, -0.25) is 4.79 Å². The molecule has 1 heterocycles. The normalized spacial score (nSPS) is 11.8. The molecule has 0 bridgehead atoms. The Labute approximate surface area is 105 Å². The molecule has 0 fully saturated rings. The monoisotopic (exact) mass is 303 g/mol. The van der Waals surface area contributed by atoms with Gasteiger partial charge in [-0.15, -0.1) is 11.3 Å². The van der Waals surface area contributed by atoms with Crippen LogP contribution in [0.4, 0.5) is 8.78 Å². The van der Waals surface area contributed by atoms with Crippen LogP contribution in [0.15, 0.2) is 9.59 Å². The molecule has 1 N–H and O–H groups in total. The molecule has 0 aromatic carbocycles. The minimum atomic E-state index is -3.91. The highest BCUT2D eigenvalue weighted by Gasteiger charge is 2.22. The van der Waals surface area contributed by atoms with E-state index in [9.17, 15) is 22.0 Å². The summed E-state index contributed by atoms with van der Waals surface area (Å²) in [6.07, 6.45) is -2.66. The van der Waals surface area contributed by atoms with Gasteiger partial charge in [-0.05, 0) is 12.5 Å². The van der Waals surface area contributed by atoms with Crippen LogP contribution >= 0.6 is 22.0 Å². The fourth-order valence-corrected chi connectivity index (χ4v) is 3.68. The molecule has 0 saturated carbocycles. The van der Waals surface area contributed by atoms with E-state index in [1.165, 1.54) is 12.3 Å². The highest BCUT2D eigenvalue weighted by molar-refractivity contribution is 8.15. The van der Waals surface area contributed by atoms with Crippen molar-refractivity contribution in [1.82, 2.24) is 5.32 Å². The molecule has 0 spiro atoms. The Morgan fingerprint density at radius 3 is 2.59 bits per heavy atom. The van der Waals surface area contributed by atoms with Crippen molar-refractivity contribution in [3.05, 3.63) is 16.5 Å². The first-order chi connectivity index (χ1) is 7.73. The van der Waals surface area contributed by atoms with Crippen LogP contribution in [-0.2, 0) is 9.05 Å². The molecule has 0 unspecified atom stereocenters. The zero-order valence-corrected chi connectivity index (χ0v) is 10.9. The first kappa shape index (κ1) is 14.3. The molecule has 0 saturated heterocycles. The Morgan fingerprint density at radius 2 is 2.18 bits per heavy atom. The molecule has 1 aromatic rings. The van der Waals surface area contributed by atoms with Crippen molar-refractivity contribution in [3.63, 3.8) is 0 Å². The lowest BCUT2D eigenvalue weighted by molar-refractivity contribution is 0.0891. The molecule has 0 aliphatic carbocycles. The minimum absolute atomic E-state index is 0.0369. The SMILES string of the molecule is Cc1c(C(=O)NCC(F)F)csc1S(=O)(=O)Cl. The summed E-state index contributed by atoms with van der Waals surface area (Å²) in [6, 6.07) is 0. The molecular formula is C8H8ClF2NO3S2. The number of rotatable bonds is 4. The number of alkyl halides is 2. The number of thiophene rings is 1. The molecule has 0 aliphatic heterocycles. The van der Waals surface area contributed by atoms with E-state index in [-0.39, 0.29) is 15.3 Å². The minimum Gasteiger partial charge on any atom is -0.346 e. The summed E-state index contributed by atoms with van der Waals surface area (Å²) in [7, 11) is 1.23. The van der Waals surface area contributed by atoms with Crippen LogP contribution in [-0.4, -0.2) is 27.3 Å². The topological polar surface area (TPSA) is 63.2 Å². The Balaban J connectivity index is 2.94. The van der Waals surface area contributed by atoms with Gasteiger partial charge in [0.25, 0.3) is 21.4 Å². The summed E-state index contributed by atoms with van der Waals surface area (Å²) >= 11 is 0.777. The summed E-state index contributed by atoms with van der Waals surface area (Å²) in [4.78, 5) is 11.4. The molecule has 4 nitrogen and oxygen atoms in total. The molecule has 0 radical (unpaired) electrons. The number of carbonyl (C=O) groups excluding carboxylic acids is 1. The predicted molar refractivity (Wildman–Crippen MR) is 60.4 cm³/mol. The molecule has 1 aromatic heterocycles. The standard InChI is InChI=1S/C8H8ClF2NO3S2/c1-4-5(7(13)12-2-6(10)11)3-16-8(4)17(9,14)15/h3,6H,2H2,1H3,(H,12,13). The fraction of sp³-hybridized carbons (Fsp3) is 0.375. The fourth-order valence-electron chi connectivity index (χ4n) is 1.13. The maximum Gasteiger partial charge on any atom is 0.271 e. The Hall–Kier alpha value is -0.730. The maximum atomic E-state index is 11.9. The molecule has 0 aliphatic rings. The number of hydrogen-bond donors (Lipinski definition) is 1. The summed E-state index contributed by atoms with van der Waals surface area (Å²) < 4.78 is 45.8. The van der Waals surface area contributed by atoms with E-state index in [4.69, 9.17) is 10.7 Å². The van der Waals surface area contributed by atoms with Crippen LogP contribution in [0.3, 0.4) is 0 Å². The van der Waals surface area contributed by atoms with E-state index in [0.717, 1.165) is 11.3 Å². The van der Waals surface area contributed by atoms with Gasteiger partial charge < -0.3 is 5.32 Å². The van der Waals surface area contributed by atoms with Crippen LogP contribution < -0.4 is 5.32 Å². The quantitative estimate of drug-likeness (QED) is 0.865. The zero-order valence-electron chi connectivity index (χ0n) is 8.54. The second kappa shape index (κ2) is 5.28. The van der Waals surface area contributed by atoms with Gasteiger partial charge in [0.1, 0.15) is 4.21 Å². The summed E-state index contributed by atoms with van der Waals surface area (Å²) in [6.45, 7) is 0.611. The highest BCUT2D eigenvalue weighted by atomic mass is 35.7. The third kappa shape index (κ3) is 3.62. The lowest BCUT2D eigenvalue weighted by Crippen LogP contribution is -2.28. The van der Waals surface area contributed by atoms with Gasteiger partial charge in [0.15, 0.2) is 0 Å². The van der Waals surface area contributed by atoms with E-state index in [1.54, 1.807) is 0 Å². The molecule has 1 rings (SSSR count). The average molecular weight is 304 g/mol. The number of carbonyl (C=O) groups is 1. The van der Waals surface area contributed by atoms with Crippen LogP contribution in [0.5, 0.6) is 0 Å². The van der Waals surface area contributed by atoms with Crippen LogP contribution in [0.1, 0.15) is 15.9 Å². The van der Waals surface area contributed by atoms with Gasteiger partial charge >= 0.3 is 0 Å². The largest absolute Gasteiger partial charge is 0.346 e. The Bertz CT molecular complexity index is 527. The van der Waals surface area contributed by atoms with Crippen molar-refractivity contribution in [2.75, 3.05) is 6.54 Å². The summed E-state index contributed by atoms with van der Waals surface area (Å²) in [5, 5.41) is 3.25. The van der Waals surface area contributed by atoms with Gasteiger partial charge in [-0.25, -0.2) is 17.2 Å². The van der Waals surface area contributed by atoms with E-state index < -0.39 is 27.9 Å². The van der Waals surface area contributed by atoms with Crippen LogP contribution in [0.2, 0.25) is 0 Å². The van der Waals surface area contributed by atoms with E-state index in [2.05, 4.69) is 0 Å². The van der Waals surface area contributed by atoms with Gasteiger partial charge in [-0.1, -0.05) is 0 Å². The first-order valence-electron chi connectivity index (χ1n) is 4.32. The molecular weight excluding hydrogens is 296 g/mol. The molecule has 1 amide bonds. The van der Waals surface area contributed by atoms with Crippen molar-refractivity contribution in [2.45, 2.75) is 17.6 Å². The number of hydrogen-bond acceptors (Lipinski definition) is 4. The van der Waals surface area contributed by atoms with Crippen molar-refractivity contribution in [1.29, 1.82) is 0 Å². The average Bonchev–Trinajstić information content (AvgIpc) is 2.55. The smallest absolute Gasteiger partial charge is 0.271 e. The maximum absolute atomic E-state index is 11.9. The van der Waals surface area contributed by atoms with Crippen molar-refractivity contribution >= 4 is 37.0 Å². The number of amides is 1. The van der Waals surface area contributed by atoms with Crippen molar-refractivity contribution < 1.29 is 22.0 Å². The Kier molecular flexibility index (Phi) is 4.45. The third-order valence-electron chi connectivity index (χ3n) is 1.88. The van der Waals surface area contributed by atoms with E-state index in [1.807, 2.05) is 5.32 Å². The van der Waals surface area contributed by atoms with E-state index in [0.29, 0.717) is 0 Å². The van der Waals surface area contributed by atoms with Gasteiger partial charge in [0.05, 0.1) is 12.1 Å². The Morgan fingerprint density at radius 1 is 1.59 bits per heavy atom. The van der Waals surface area contributed by atoms with Crippen molar-refractivity contribution in [3.8, 4) is 0 Å². The molecule has 17 heavy (non-hydrogen) atoms. The third-order valence-corrected chi connectivity index (χ3v) is 5.18. The number of halogens is 3. The zero-order chi connectivity index (χ0) is 13.2. The number of nitrogens with one attached hydrogen (secondary N) is 1. The van der Waals surface area contributed by atoms with Gasteiger partial charge in [0, 0.05) is 16.1 Å². The second-order valence-corrected chi connectivity index (χ2v) is 6.74. The molecule has 9 heteroatoms. The molecule has 96 valence electrons. The van der Waals surface area contributed by atoms with Crippen molar-refractivity contribution in [2.24, 2.45) is 0 Å². The van der Waals surface area contributed by atoms with Crippen LogP contribution in [0.25, 0.3) is 0 Å². The highest BCUT2D eigenvalue weighted by Crippen LogP contribution is 2.29. The van der Waals surface area contributed by atoms with Gasteiger partial charge in [-0.2, -0.15) is 0 Å². The predicted octanol–water partition coefficient (Wildman–Crippen LogP) is 1.98. The van der Waals surface area contributed by atoms with Crippen LogP contribution in [0, 0.1) is 6.92 Å². The lowest BCUT2D eigenvalue weighted by Gasteiger charge is -2.03. The van der Waals surface area contributed by atoms with Gasteiger partial charge in [0.2, 0.25) is 0 Å². The second-order valence-electron chi connectivity index (χ2n) is 3.10. The molecule has 0 atom stereocenters.